The fourth-order valence-electron chi connectivity index (χ4n) is 1.17. The summed E-state index contributed by atoms with van der Waals surface area (Å²) in [6.45, 7) is 3.23. The highest BCUT2D eigenvalue weighted by atomic mass is 16.5. The van der Waals surface area contributed by atoms with Gasteiger partial charge in [0.2, 0.25) is 0 Å². The molecule has 1 amide bonds. The number of carbonyl (C=O) groups excluding carboxylic acids is 2. The number of benzene rings is 1. The highest BCUT2D eigenvalue weighted by molar-refractivity contribution is 5.95. The minimum atomic E-state index is -0.820. The Morgan fingerprint density at radius 3 is 2.53 bits per heavy atom. The van der Waals surface area contributed by atoms with Gasteiger partial charge in [-0.2, -0.15) is 0 Å². The lowest BCUT2D eigenvalue weighted by Gasteiger charge is -2.12. The summed E-state index contributed by atoms with van der Waals surface area (Å²) in [5.41, 5.74) is 0.673. The van der Waals surface area contributed by atoms with Gasteiger partial charge in [-0.3, -0.25) is 4.79 Å². The first-order valence-electron chi connectivity index (χ1n) is 5.32. The van der Waals surface area contributed by atoms with E-state index >= 15 is 0 Å². The Hall–Kier alpha value is -2.10. The van der Waals surface area contributed by atoms with Crippen LogP contribution >= 0.6 is 0 Å². The number of anilines is 1. The van der Waals surface area contributed by atoms with Crippen molar-refractivity contribution in [1.82, 2.24) is 0 Å². The van der Waals surface area contributed by atoms with Gasteiger partial charge in [0.1, 0.15) is 0 Å². The molecule has 17 heavy (non-hydrogen) atoms. The Balaban J connectivity index is 2.50. The third kappa shape index (κ3) is 4.51. The summed E-state index contributed by atoms with van der Waals surface area (Å²) in [6.07, 6.45) is 2.01. The van der Waals surface area contributed by atoms with E-state index in [0.29, 0.717) is 5.69 Å². The van der Waals surface area contributed by atoms with Gasteiger partial charge in [0.25, 0.3) is 5.91 Å². The summed E-state index contributed by atoms with van der Waals surface area (Å²) in [7, 11) is 0. The van der Waals surface area contributed by atoms with Gasteiger partial charge < -0.3 is 10.1 Å². The van der Waals surface area contributed by atoms with E-state index in [1.54, 1.807) is 25.1 Å². The van der Waals surface area contributed by atoms with Gasteiger partial charge in [0.15, 0.2) is 6.10 Å². The molecule has 0 radical (unpaired) electrons. The number of esters is 1. The Morgan fingerprint density at radius 2 is 1.94 bits per heavy atom. The molecule has 1 rings (SSSR count). The van der Waals surface area contributed by atoms with Gasteiger partial charge in [-0.05, 0) is 26.0 Å². The van der Waals surface area contributed by atoms with Crippen LogP contribution in [-0.4, -0.2) is 18.0 Å². The van der Waals surface area contributed by atoms with E-state index in [2.05, 4.69) is 5.32 Å². The minimum absolute atomic E-state index is 0.353. The summed E-state index contributed by atoms with van der Waals surface area (Å²) >= 11 is 0. The highest BCUT2D eigenvalue weighted by Crippen LogP contribution is 2.06. The van der Waals surface area contributed by atoms with Gasteiger partial charge in [0.05, 0.1) is 0 Å². The largest absolute Gasteiger partial charge is 0.449 e. The van der Waals surface area contributed by atoms with Gasteiger partial charge in [-0.15, -0.1) is 0 Å². The molecule has 1 N–H and O–H groups in total. The molecule has 1 atom stereocenters. The van der Waals surface area contributed by atoms with Crippen LogP contribution in [0.4, 0.5) is 5.69 Å². The van der Waals surface area contributed by atoms with E-state index in [0.717, 1.165) is 0 Å². The molecule has 1 aromatic rings. The van der Waals surface area contributed by atoms with Crippen LogP contribution in [0.15, 0.2) is 42.5 Å². The molecule has 0 unspecified atom stereocenters. The average Bonchev–Trinajstić information content (AvgIpc) is 2.30. The predicted octanol–water partition coefficient (Wildman–Crippen LogP) is 2.13. The van der Waals surface area contributed by atoms with Crippen molar-refractivity contribution < 1.29 is 14.3 Å². The van der Waals surface area contributed by atoms with Crippen LogP contribution in [0.3, 0.4) is 0 Å². The van der Waals surface area contributed by atoms with Crippen LogP contribution in [0.1, 0.15) is 13.8 Å². The topological polar surface area (TPSA) is 55.4 Å². The lowest BCUT2D eigenvalue weighted by atomic mass is 10.3. The Kier molecular flexibility index (Phi) is 4.94. The maximum atomic E-state index is 11.6. The van der Waals surface area contributed by atoms with Crippen molar-refractivity contribution in [3.8, 4) is 0 Å². The second-order valence-corrected chi connectivity index (χ2v) is 3.43. The molecule has 0 bridgehead atoms. The van der Waals surface area contributed by atoms with Crippen LogP contribution in [0.25, 0.3) is 0 Å². The third-order valence-corrected chi connectivity index (χ3v) is 2.01. The molecule has 0 aliphatic heterocycles. The Morgan fingerprint density at radius 1 is 1.29 bits per heavy atom. The Bertz CT molecular complexity index is 412. The van der Waals surface area contributed by atoms with Crippen LogP contribution in [0.2, 0.25) is 0 Å². The Labute approximate surface area is 100 Å². The SMILES string of the molecule is C/C=C/C(=O)O[C@H](C)C(=O)Nc1ccccc1. The summed E-state index contributed by atoms with van der Waals surface area (Å²) in [5.74, 6) is -0.878. The number of hydrogen-bond donors (Lipinski definition) is 1. The smallest absolute Gasteiger partial charge is 0.331 e. The van der Waals surface area contributed by atoms with Gasteiger partial charge in [0, 0.05) is 11.8 Å². The van der Waals surface area contributed by atoms with Crippen LogP contribution in [0, 0.1) is 0 Å². The molecular weight excluding hydrogens is 218 g/mol. The maximum absolute atomic E-state index is 11.6. The third-order valence-electron chi connectivity index (χ3n) is 2.01. The van der Waals surface area contributed by atoms with E-state index in [-0.39, 0.29) is 5.91 Å². The summed E-state index contributed by atoms with van der Waals surface area (Å²) in [6, 6.07) is 9.00. The molecule has 0 heterocycles. The van der Waals surface area contributed by atoms with Crippen molar-refractivity contribution in [2.75, 3.05) is 5.32 Å². The van der Waals surface area contributed by atoms with E-state index < -0.39 is 12.1 Å². The van der Waals surface area contributed by atoms with Gasteiger partial charge >= 0.3 is 5.97 Å². The maximum Gasteiger partial charge on any atom is 0.331 e. The second kappa shape index (κ2) is 6.48. The molecule has 4 nitrogen and oxygen atoms in total. The molecule has 1 aromatic carbocycles. The van der Waals surface area contributed by atoms with E-state index in [9.17, 15) is 9.59 Å². The lowest BCUT2D eigenvalue weighted by molar-refractivity contribution is -0.148. The van der Waals surface area contributed by atoms with E-state index in [1.807, 2.05) is 18.2 Å². The number of carbonyl (C=O) groups is 2. The molecule has 0 aliphatic rings. The second-order valence-electron chi connectivity index (χ2n) is 3.43. The lowest BCUT2D eigenvalue weighted by Crippen LogP contribution is -2.29. The summed E-state index contributed by atoms with van der Waals surface area (Å²) in [5, 5.41) is 2.65. The normalized spacial score (nSPS) is 12.1. The summed E-state index contributed by atoms with van der Waals surface area (Å²) in [4.78, 5) is 22.8. The highest BCUT2D eigenvalue weighted by Gasteiger charge is 2.16. The average molecular weight is 233 g/mol. The number of para-hydroxylation sites is 1. The molecule has 0 fully saturated rings. The number of ether oxygens (including phenoxy) is 1. The quantitative estimate of drug-likeness (QED) is 0.640. The van der Waals surface area contributed by atoms with Gasteiger partial charge in [-0.1, -0.05) is 24.3 Å². The van der Waals surface area contributed by atoms with Crippen LogP contribution < -0.4 is 5.32 Å². The van der Waals surface area contributed by atoms with E-state index in [4.69, 9.17) is 4.74 Å². The zero-order valence-electron chi connectivity index (χ0n) is 9.84. The fourth-order valence-corrected chi connectivity index (χ4v) is 1.17. The van der Waals surface area contributed by atoms with Crippen molar-refractivity contribution in [2.45, 2.75) is 20.0 Å². The van der Waals surface area contributed by atoms with Crippen molar-refractivity contribution in [1.29, 1.82) is 0 Å². The molecule has 90 valence electrons. The minimum Gasteiger partial charge on any atom is -0.449 e. The number of rotatable bonds is 4. The zero-order chi connectivity index (χ0) is 12.7. The molecule has 0 spiro atoms. The predicted molar refractivity (Wildman–Crippen MR) is 65.4 cm³/mol. The number of hydrogen-bond acceptors (Lipinski definition) is 3. The van der Waals surface area contributed by atoms with Crippen molar-refractivity contribution >= 4 is 17.6 Å². The number of allylic oxidation sites excluding steroid dienone is 1. The fraction of sp³-hybridized carbons (Fsp3) is 0.231. The first kappa shape index (κ1) is 13.0. The summed E-state index contributed by atoms with van der Waals surface area (Å²) < 4.78 is 4.89. The number of amides is 1. The van der Waals surface area contributed by atoms with Gasteiger partial charge in [-0.25, -0.2) is 4.79 Å². The van der Waals surface area contributed by atoms with E-state index in [1.165, 1.54) is 13.0 Å². The van der Waals surface area contributed by atoms with Crippen LogP contribution in [0.5, 0.6) is 0 Å². The monoisotopic (exact) mass is 233 g/mol. The van der Waals surface area contributed by atoms with Crippen molar-refractivity contribution in [3.05, 3.63) is 42.5 Å². The molecule has 0 aromatic heterocycles. The standard InChI is InChI=1S/C13H15NO3/c1-3-7-12(15)17-10(2)13(16)14-11-8-5-4-6-9-11/h3-10H,1-2H3,(H,14,16)/b7-3+/t10-/m1/s1. The molecular formula is C13H15NO3. The zero-order valence-corrected chi connectivity index (χ0v) is 9.84. The molecule has 0 aliphatic carbocycles. The first-order valence-corrected chi connectivity index (χ1v) is 5.32. The molecule has 0 saturated carbocycles. The van der Waals surface area contributed by atoms with Crippen molar-refractivity contribution in [2.24, 2.45) is 0 Å². The van der Waals surface area contributed by atoms with Crippen LogP contribution in [-0.2, 0) is 14.3 Å². The number of nitrogens with one attached hydrogen (secondary N) is 1. The first-order chi connectivity index (χ1) is 8.13. The molecule has 4 heteroatoms. The molecule has 0 saturated heterocycles. The van der Waals surface area contributed by atoms with Crippen molar-refractivity contribution in [3.63, 3.8) is 0 Å².